The maximum absolute atomic E-state index is 12.9. The number of likely N-dealkylation sites (tertiary alicyclic amines) is 1. The maximum Gasteiger partial charge on any atom is 0.416 e. The first kappa shape index (κ1) is 18.5. The zero-order chi connectivity index (χ0) is 19.0. The molecule has 0 unspecified atom stereocenters. The standard InChI is InChI=1S/C19H22F3N3OS/c20-19(21,22)14-4-5-16-15(11-14)23-18(27-16)24-9-6-13(7-10-24)12-25-8-2-1-3-17(25)26/h4-5,11,13H,1-3,6-10,12H2. The second-order valence-electron chi connectivity index (χ2n) is 7.40. The fraction of sp³-hybridized carbons (Fsp3) is 0.579. The number of anilines is 1. The fourth-order valence-electron chi connectivity index (χ4n) is 3.90. The molecule has 2 aliphatic heterocycles. The molecule has 1 aromatic carbocycles. The fourth-order valence-corrected chi connectivity index (χ4v) is 4.90. The van der Waals surface area contributed by atoms with Crippen molar-refractivity contribution < 1.29 is 18.0 Å². The lowest BCUT2D eigenvalue weighted by Gasteiger charge is -2.36. The van der Waals surface area contributed by atoms with Crippen LogP contribution < -0.4 is 4.90 Å². The predicted molar refractivity (Wildman–Crippen MR) is 100.0 cm³/mol. The van der Waals surface area contributed by atoms with Crippen molar-refractivity contribution in [2.75, 3.05) is 31.1 Å². The lowest BCUT2D eigenvalue weighted by molar-refractivity contribution is -0.137. The Bertz CT molecular complexity index is 827. The maximum atomic E-state index is 12.9. The summed E-state index contributed by atoms with van der Waals surface area (Å²) in [6.07, 6.45) is 0.380. The average Bonchev–Trinajstić information content (AvgIpc) is 3.07. The SMILES string of the molecule is O=C1CCCCN1CC1CCN(c2nc3cc(C(F)(F)F)ccc3s2)CC1. The first-order chi connectivity index (χ1) is 12.9. The van der Waals surface area contributed by atoms with Gasteiger partial charge in [-0.25, -0.2) is 4.98 Å². The van der Waals surface area contributed by atoms with Crippen molar-refractivity contribution in [1.29, 1.82) is 0 Å². The third-order valence-corrected chi connectivity index (χ3v) is 6.59. The van der Waals surface area contributed by atoms with Crippen LogP contribution in [0.5, 0.6) is 0 Å². The minimum absolute atomic E-state index is 0.273. The molecular formula is C19H22F3N3OS. The van der Waals surface area contributed by atoms with Crippen LogP contribution in [0.1, 0.15) is 37.7 Å². The number of piperidine rings is 2. The molecule has 2 fully saturated rings. The number of fused-ring (bicyclic) bond motifs is 1. The molecule has 4 rings (SSSR count). The number of nitrogens with zero attached hydrogens (tertiary/aromatic N) is 3. The third kappa shape index (κ3) is 4.05. The molecule has 8 heteroatoms. The summed E-state index contributed by atoms with van der Waals surface area (Å²) in [6.45, 7) is 3.37. The number of carbonyl (C=O) groups excluding carboxylic acids is 1. The number of amides is 1. The molecule has 27 heavy (non-hydrogen) atoms. The third-order valence-electron chi connectivity index (χ3n) is 5.49. The number of alkyl halides is 3. The van der Waals surface area contributed by atoms with Crippen LogP contribution in [-0.4, -0.2) is 42.0 Å². The highest BCUT2D eigenvalue weighted by Gasteiger charge is 2.31. The van der Waals surface area contributed by atoms with Gasteiger partial charge in [0.2, 0.25) is 5.91 Å². The second kappa shape index (κ2) is 7.30. The van der Waals surface area contributed by atoms with Gasteiger partial charge >= 0.3 is 6.18 Å². The van der Waals surface area contributed by atoms with Crippen molar-refractivity contribution in [2.24, 2.45) is 5.92 Å². The lowest BCUT2D eigenvalue weighted by Crippen LogP contribution is -2.42. The Kier molecular flexibility index (Phi) is 5.01. The number of thiazole rings is 1. The smallest absolute Gasteiger partial charge is 0.348 e. The van der Waals surface area contributed by atoms with Crippen LogP contribution in [-0.2, 0) is 11.0 Å². The van der Waals surface area contributed by atoms with E-state index in [1.54, 1.807) is 0 Å². The van der Waals surface area contributed by atoms with E-state index in [1.807, 2.05) is 4.90 Å². The predicted octanol–water partition coefficient (Wildman–Crippen LogP) is 4.54. The van der Waals surface area contributed by atoms with Gasteiger partial charge in [-0.1, -0.05) is 11.3 Å². The van der Waals surface area contributed by atoms with E-state index in [4.69, 9.17) is 0 Å². The number of aromatic nitrogens is 1. The molecule has 0 saturated carbocycles. The minimum Gasteiger partial charge on any atom is -0.348 e. The van der Waals surface area contributed by atoms with E-state index in [1.165, 1.54) is 17.4 Å². The summed E-state index contributed by atoms with van der Waals surface area (Å²) < 4.78 is 39.4. The highest BCUT2D eigenvalue weighted by molar-refractivity contribution is 7.22. The van der Waals surface area contributed by atoms with Gasteiger partial charge in [0.05, 0.1) is 15.8 Å². The minimum atomic E-state index is -4.35. The van der Waals surface area contributed by atoms with Crippen molar-refractivity contribution in [3.8, 4) is 0 Å². The monoisotopic (exact) mass is 397 g/mol. The number of hydrogen-bond donors (Lipinski definition) is 0. The number of carbonyl (C=O) groups is 1. The Hall–Kier alpha value is -1.83. The van der Waals surface area contributed by atoms with Crippen LogP contribution in [0.25, 0.3) is 10.2 Å². The van der Waals surface area contributed by atoms with Crippen molar-refractivity contribution in [3.63, 3.8) is 0 Å². The second-order valence-corrected chi connectivity index (χ2v) is 8.41. The van der Waals surface area contributed by atoms with Crippen LogP contribution in [0.3, 0.4) is 0 Å². The van der Waals surface area contributed by atoms with E-state index in [-0.39, 0.29) is 5.91 Å². The Morgan fingerprint density at radius 2 is 1.93 bits per heavy atom. The van der Waals surface area contributed by atoms with Gasteiger partial charge < -0.3 is 9.80 Å². The van der Waals surface area contributed by atoms with E-state index in [0.29, 0.717) is 17.9 Å². The zero-order valence-corrected chi connectivity index (χ0v) is 15.8. The molecule has 0 radical (unpaired) electrons. The zero-order valence-electron chi connectivity index (χ0n) is 15.0. The molecule has 0 atom stereocenters. The summed E-state index contributed by atoms with van der Waals surface area (Å²) in [5.41, 5.74) is -0.248. The van der Waals surface area contributed by atoms with Crippen LogP contribution >= 0.6 is 11.3 Å². The Morgan fingerprint density at radius 3 is 2.63 bits per heavy atom. The Labute approximate surface area is 160 Å². The molecular weight excluding hydrogens is 375 g/mol. The molecule has 1 amide bonds. The van der Waals surface area contributed by atoms with Gasteiger partial charge in [-0.15, -0.1) is 0 Å². The largest absolute Gasteiger partial charge is 0.416 e. The molecule has 3 heterocycles. The van der Waals surface area contributed by atoms with Crippen LogP contribution in [0, 0.1) is 5.92 Å². The summed E-state index contributed by atoms with van der Waals surface area (Å²) >= 11 is 1.44. The molecule has 0 spiro atoms. The van der Waals surface area contributed by atoms with Gasteiger partial charge in [0.25, 0.3) is 0 Å². The number of benzene rings is 1. The Balaban J connectivity index is 1.40. The molecule has 2 aromatic rings. The number of hydrogen-bond acceptors (Lipinski definition) is 4. The van der Waals surface area contributed by atoms with E-state index in [2.05, 4.69) is 9.88 Å². The van der Waals surface area contributed by atoms with Gasteiger partial charge in [0.15, 0.2) is 5.13 Å². The van der Waals surface area contributed by atoms with Gasteiger partial charge in [0, 0.05) is 32.6 Å². The van der Waals surface area contributed by atoms with Gasteiger partial charge in [-0.05, 0) is 49.8 Å². The van der Waals surface area contributed by atoms with E-state index in [0.717, 1.165) is 73.8 Å². The summed E-state index contributed by atoms with van der Waals surface area (Å²) in [6, 6.07) is 3.75. The Morgan fingerprint density at radius 1 is 1.15 bits per heavy atom. The summed E-state index contributed by atoms with van der Waals surface area (Å²) in [4.78, 5) is 20.6. The highest BCUT2D eigenvalue weighted by atomic mass is 32.1. The summed E-state index contributed by atoms with van der Waals surface area (Å²) in [7, 11) is 0. The van der Waals surface area contributed by atoms with E-state index < -0.39 is 11.7 Å². The topological polar surface area (TPSA) is 36.4 Å². The molecule has 0 N–H and O–H groups in total. The van der Waals surface area contributed by atoms with Crippen molar-refractivity contribution >= 4 is 32.6 Å². The van der Waals surface area contributed by atoms with Gasteiger partial charge in [-0.2, -0.15) is 13.2 Å². The first-order valence-corrected chi connectivity index (χ1v) is 10.2. The molecule has 0 bridgehead atoms. The lowest BCUT2D eigenvalue weighted by atomic mass is 9.95. The quantitative estimate of drug-likeness (QED) is 0.763. The van der Waals surface area contributed by atoms with Crippen molar-refractivity contribution in [3.05, 3.63) is 23.8 Å². The highest BCUT2D eigenvalue weighted by Crippen LogP contribution is 2.36. The normalized spacial score (nSPS) is 19.9. The molecule has 1 aromatic heterocycles. The molecule has 0 aliphatic carbocycles. The van der Waals surface area contributed by atoms with Gasteiger partial charge in [-0.3, -0.25) is 4.79 Å². The average molecular weight is 397 g/mol. The van der Waals surface area contributed by atoms with Crippen LogP contribution in [0.2, 0.25) is 0 Å². The first-order valence-electron chi connectivity index (χ1n) is 9.40. The molecule has 146 valence electrons. The van der Waals surface area contributed by atoms with Crippen molar-refractivity contribution in [1.82, 2.24) is 9.88 Å². The molecule has 2 aliphatic rings. The van der Waals surface area contributed by atoms with E-state index in [9.17, 15) is 18.0 Å². The summed E-state index contributed by atoms with van der Waals surface area (Å²) in [5.74, 6) is 0.768. The van der Waals surface area contributed by atoms with Crippen LogP contribution in [0.4, 0.5) is 18.3 Å². The van der Waals surface area contributed by atoms with Gasteiger partial charge in [0.1, 0.15) is 0 Å². The van der Waals surface area contributed by atoms with E-state index >= 15 is 0 Å². The van der Waals surface area contributed by atoms with Crippen molar-refractivity contribution in [2.45, 2.75) is 38.3 Å². The number of rotatable bonds is 3. The molecule has 2 saturated heterocycles. The molecule has 4 nitrogen and oxygen atoms in total. The number of halogens is 3. The summed E-state index contributed by atoms with van der Waals surface area (Å²) in [5, 5.41) is 0.789. The van der Waals surface area contributed by atoms with Crippen LogP contribution in [0.15, 0.2) is 18.2 Å².